The molecule has 0 unspecified atom stereocenters. The number of carboxylic acid groups (broad SMARTS) is 1. The minimum atomic E-state index is -1.13. The van der Waals surface area contributed by atoms with Gasteiger partial charge in [0.2, 0.25) is 0 Å². The van der Waals surface area contributed by atoms with Crippen LogP contribution < -0.4 is 0 Å². The molecule has 71 heavy (non-hydrogen) atoms. The Balaban J connectivity index is 0. The summed E-state index contributed by atoms with van der Waals surface area (Å²) in [4.78, 5) is 140. The van der Waals surface area contributed by atoms with Crippen LogP contribution in [-0.2, 0) is 100 Å². The normalized spacial score (nSPS) is 10.9. The quantitative estimate of drug-likeness (QED) is 0.0449. The van der Waals surface area contributed by atoms with Gasteiger partial charge in [0.15, 0.2) is 0 Å². The molecule has 0 aromatic carbocycles. The van der Waals surface area contributed by atoms with Gasteiger partial charge in [0.1, 0.15) is 0 Å². The van der Waals surface area contributed by atoms with E-state index in [1.807, 2.05) is 0 Å². The van der Waals surface area contributed by atoms with E-state index in [0.717, 1.165) is 0 Å². The van der Waals surface area contributed by atoms with E-state index < -0.39 is 72.2 Å². The first kappa shape index (κ1) is 67.0. The first-order valence-corrected chi connectivity index (χ1v) is 21.6. The molecule has 0 bridgehead atoms. The van der Waals surface area contributed by atoms with E-state index in [1.54, 1.807) is 14.7 Å². The van der Waals surface area contributed by atoms with E-state index >= 15 is 0 Å². The van der Waals surface area contributed by atoms with Crippen molar-refractivity contribution in [3.8, 4) is 0 Å². The Morgan fingerprint density at radius 1 is 0.225 bits per heavy atom. The fourth-order valence-electron chi connectivity index (χ4n) is 5.74. The molecule has 0 spiro atoms. The third kappa shape index (κ3) is 35.6. The van der Waals surface area contributed by atoms with Crippen LogP contribution in [-0.4, -0.2) is 314 Å². The molecule has 1 N–H and O–H groups in total. The second kappa shape index (κ2) is 40.6. The number of aliphatic carboxylic acids is 1. The highest BCUT2D eigenvalue weighted by molar-refractivity contribution is 5.77. The number of hydrogen-bond donors (Lipinski definition) is 1. The molecule has 0 fully saturated rings. The van der Waals surface area contributed by atoms with Crippen molar-refractivity contribution in [1.82, 2.24) is 34.3 Å². The Morgan fingerprint density at radius 3 is 0.465 bits per heavy atom. The lowest BCUT2D eigenvalue weighted by molar-refractivity contribution is -0.147. The molecule has 0 aliphatic heterocycles. The Morgan fingerprint density at radius 2 is 0.338 bits per heavy atom. The number of hydrogen-bond acceptors (Lipinski definition) is 28. The molecule has 0 heterocycles. The highest BCUT2D eigenvalue weighted by atomic mass is 16.6. The van der Waals surface area contributed by atoms with Crippen LogP contribution in [0.25, 0.3) is 0 Å². The van der Waals surface area contributed by atoms with E-state index in [4.69, 9.17) is 19.3 Å². The molecule has 29 heteroatoms. The number of rotatable bonds is 37. The second-order valence-electron chi connectivity index (χ2n) is 14.8. The predicted molar refractivity (Wildman–Crippen MR) is 243 cm³/mol. The zero-order valence-electron chi connectivity index (χ0n) is 42.5. The maximum atomic E-state index is 12.0. The molecule has 408 valence electrons. The molecule has 0 aliphatic rings. The van der Waals surface area contributed by atoms with E-state index in [0.29, 0.717) is 0 Å². The SMILES string of the molecule is COC(=O)CN(CCN(CC(=O)OC)CC(=O)OC)CCN(CC(=O)OC)CC(=O)OC.COC(=O)CN(CCN(CCN(CC(=O)OC)CC(=O)OC)CC(=O)OC)CCN(CC(=O)O)CC(=O)OC. The van der Waals surface area contributed by atoms with Gasteiger partial charge in [0.05, 0.1) is 143 Å². The molecule has 0 saturated heterocycles. The molecule has 0 aromatic rings. The van der Waals surface area contributed by atoms with Crippen molar-refractivity contribution >= 4 is 65.7 Å². The van der Waals surface area contributed by atoms with Gasteiger partial charge in [-0.3, -0.25) is 87.0 Å². The minimum absolute atomic E-state index is 0.0783. The van der Waals surface area contributed by atoms with Gasteiger partial charge in [-0.2, -0.15) is 0 Å². The number of esters is 10. The number of carbonyl (C=O) groups excluding carboxylic acids is 10. The van der Waals surface area contributed by atoms with Crippen molar-refractivity contribution in [2.45, 2.75) is 0 Å². The summed E-state index contributed by atoms with van der Waals surface area (Å²) in [5.41, 5.74) is 0. The number of methoxy groups -OCH3 is 10. The number of carbonyl (C=O) groups is 11. The fourth-order valence-corrected chi connectivity index (χ4v) is 5.74. The van der Waals surface area contributed by atoms with Gasteiger partial charge in [0, 0.05) is 65.4 Å². The lowest BCUT2D eigenvalue weighted by Gasteiger charge is -2.29. The largest absolute Gasteiger partial charge is 0.480 e. The smallest absolute Gasteiger partial charge is 0.319 e. The van der Waals surface area contributed by atoms with Gasteiger partial charge in [-0.15, -0.1) is 0 Å². The highest BCUT2D eigenvalue weighted by Crippen LogP contribution is 2.02. The van der Waals surface area contributed by atoms with Crippen LogP contribution in [0.15, 0.2) is 0 Å². The van der Waals surface area contributed by atoms with Crippen molar-refractivity contribution in [3.63, 3.8) is 0 Å². The van der Waals surface area contributed by atoms with Crippen molar-refractivity contribution in [1.29, 1.82) is 0 Å². The van der Waals surface area contributed by atoms with Gasteiger partial charge >= 0.3 is 65.7 Å². The summed E-state index contributed by atoms with van der Waals surface area (Å²) in [5.74, 6) is -6.53. The maximum Gasteiger partial charge on any atom is 0.319 e. The zero-order valence-corrected chi connectivity index (χ0v) is 42.5. The summed E-state index contributed by atoms with van der Waals surface area (Å²) in [6, 6.07) is 0. The monoisotopic (exact) mass is 1030 g/mol. The average Bonchev–Trinajstić information content (AvgIpc) is 3.35. The fraction of sp³-hybridized carbons (Fsp3) is 0.738. The topological polar surface area (TPSA) is 323 Å². The Hall–Kier alpha value is -6.11. The van der Waals surface area contributed by atoms with Crippen LogP contribution in [0.2, 0.25) is 0 Å². The first-order chi connectivity index (χ1) is 33.6. The summed E-state index contributed by atoms with van der Waals surface area (Å²) in [5, 5.41) is 9.15. The van der Waals surface area contributed by atoms with Crippen LogP contribution >= 0.6 is 0 Å². The van der Waals surface area contributed by atoms with Gasteiger partial charge in [-0.05, 0) is 0 Å². The van der Waals surface area contributed by atoms with Crippen molar-refractivity contribution in [2.24, 2.45) is 0 Å². The molecular formula is C42H73N7O22. The molecule has 0 saturated carbocycles. The first-order valence-electron chi connectivity index (χ1n) is 21.6. The standard InChI is InChI=1S/C23H40N4O12.C19H33N3O10/c1-35-19(30)13-24(8-10-26(12-18(28)29)15-21(32)37-3)6-7-25(14-20(31)36-2)9-11-27(16-22(33)38-4)17-23(34)39-5;1-28-15(23)10-20(6-8-21(11-16(24)29-2)12-17(25)30-3)7-9-22(13-18(26)31-4)14-19(27)32-5/h6-17H2,1-5H3,(H,28,29);6-14H2,1-5H3. The van der Waals surface area contributed by atoms with Crippen molar-refractivity contribution in [2.75, 3.05) is 209 Å². The van der Waals surface area contributed by atoms with Crippen LogP contribution in [0.3, 0.4) is 0 Å². The van der Waals surface area contributed by atoms with E-state index in [2.05, 4.69) is 33.2 Å². The van der Waals surface area contributed by atoms with E-state index in [1.165, 1.54) is 90.7 Å². The highest BCUT2D eigenvalue weighted by Gasteiger charge is 2.23. The van der Waals surface area contributed by atoms with Crippen molar-refractivity contribution < 1.29 is 105 Å². The van der Waals surface area contributed by atoms with E-state index in [9.17, 15) is 52.7 Å². The Labute approximate surface area is 413 Å². The van der Waals surface area contributed by atoms with Gasteiger partial charge in [-0.1, -0.05) is 0 Å². The van der Waals surface area contributed by atoms with Crippen LogP contribution in [0.5, 0.6) is 0 Å². The van der Waals surface area contributed by atoms with E-state index in [-0.39, 0.29) is 131 Å². The summed E-state index contributed by atoms with van der Waals surface area (Å²) >= 11 is 0. The molecule has 0 atom stereocenters. The van der Waals surface area contributed by atoms with Crippen LogP contribution in [0.1, 0.15) is 0 Å². The summed E-state index contributed by atoms with van der Waals surface area (Å²) in [7, 11) is 12.3. The second-order valence-corrected chi connectivity index (χ2v) is 14.8. The minimum Gasteiger partial charge on any atom is -0.480 e. The molecule has 0 rings (SSSR count). The third-order valence-corrected chi connectivity index (χ3v) is 9.82. The third-order valence-electron chi connectivity index (χ3n) is 9.82. The average molecular weight is 1030 g/mol. The van der Waals surface area contributed by atoms with Gasteiger partial charge in [-0.25, -0.2) is 0 Å². The maximum absolute atomic E-state index is 12.0. The predicted octanol–water partition coefficient (Wildman–Crippen LogP) is -5.10. The lowest BCUT2D eigenvalue weighted by atomic mass is 10.3. The van der Waals surface area contributed by atoms with Gasteiger partial charge < -0.3 is 52.5 Å². The Bertz CT molecular complexity index is 1570. The zero-order chi connectivity index (χ0) is 54.3. The van der Waals surface area contributed by atoms with Crippen molar-refractivity contribution in [3.05, 3.63) is 0 Å². The molecule has 29 nitrogen and oxygen atoms in total. The summed E-state index contributed by atoms with van der Waals surface area (Å²) < 4.78 is 46.8. The number of ether oxygens (including phenoxy) is 10. The number of nitrogens with zero attached hydrogens (tertiary/aromatic N) is 7. The van der Waals surface area contributed by atoms with Crippen LogP contribution in [0, 0.1) is 0 Å². The number of carboxylic acids is 1. The Kier molecular flexibility index (Phi) is 38.3. The van der Waals surface area contributed by atoms with Gasteiger partial charge in [0.25, 0.3) is 0 Å². The lowest BCUT2D eigenvalue weighted by Crippen LogP contribution is -2.47. The van der Waals surface area contributed by atoms with Crippen LogP contribution in [0.4, 0.5) is 0 Å². The summed E-state index contributed by atoms with van der Waals surface area (Å²) in [6.45, 7) is 0.366. The molecular weight excluding hydrogens is 954 g/mol. The molecule has 0 radical (unpaired) electrons. The molecule has 0 amide bonds. The molecule has 0 aliphatic carbocycles. The summed E-state index contributed by atoms with van der Waals surface area (Å²) in [6.07, 6.45) is 0. The molecule has 0 aromatic heterocycles.